The standard InChI is InChI=1S/C23H30ClN3O4S/c1-23(2,30)21(28)18-12-26-20(13-25-18)27-22(29)16(10-14-6-4-5-7-14)15-8-9-19(32(3)31)17(24)11-15/h8-9,11-14,16,21,28,30H,4-7,10H2,1-3H3,(H,26,27,29). The van der Waals surface area contributed by atoms with Crippen LogP contribution in [0.4, 0.5) is 5.82 Å². The molecule has 32 heavy (non-hydrogen) atoms. The summed E-state index contributed by atoms with van der Waals surface area (Å²) in [6.45, 7) is 2.96. The molecule has 3 atom stereocenters. The minimum atomic E-state index is -1.36. The fourth-order valence-electron chi connectivity index (χ4n) is 4.06. The van der Waals surface area contributed by atoms with E-state index in [-0.39, 0.29) is 17.4 Å². The second-order valence-electron chi connectivity index (χ2n) is 8.95. The third kappa shape index (κ3) is 6.13. The lowest BCUT2D eigenvalue weighted by Crippen LogP contribution is -2.29. The van der Waals surface area contributed by atoms with Gasteiger partial charge in [0.1, 0.15) is 6.10 Å². The van der Waals surface area contributed by atoms with Gasteiger partial charge in [-0.15, -0.1) is 0 Å². The van der Waals surface area contributed by atoms with Gasteiger partial charge in [-0.2, -0.15) is 0 Å². The van der Waals surface area contributed by atoms with E-state index in [2.05, 4.69) is 15.3 Å². The van der Waals surface area contributed by atoms with Crippen molar-refractivity contribution in [3.05, 3.63) is 46.9 Å². The molecule has 0 saturated heterocycles. The van der Waals surface area contributed by atoms with Crippen LogP contribution in [0.1, 0.15) is 69.2 Å². The fraction of sp³-hybridized carbons (Fsp3) is 0.522. The highest BCUT2D eigenvalue weighted by atomic mass is 35.5. The lowest BCUT2D eigenvalue weighted by atomic mass is 9.87. The van der Waals surface area contributed by atoms with E-state index in [1.54, 1.807) is 18.4 Å². The minimum absolute atomic E-state index is 0.216. The van der Waals surface area contributed by atoms with Gasteiger partial charge in [-0.3, -0.25) is 14.0 Å². The van der Waals surface area contributed by atoms with E-state index in [1.165, 1.54) is 39.1 Å². The average molecular weight is 480 g/mol. The van der Waals surface area contributed by atoms with E-state index in [1.807, 2.05) is 6.07 Å². The van der Waals surface area contributed by atoms with Gasteiger partial charge in [0.05, 0.1) is 50.3 Å². The number of halogens is 1. The Balaban J connectivity index is 1.81. The molecule has 174 valence electrons. The Morgan fingerprint density at radius 3 is 2.50 bits per heavy atom. The first-order valence-electron chi connectivity index (χ1n) is 10.7. The molecule has 1 amide bonds. The summed E-state index contributed by atoms with van der Waals surface area (Å²) in [5.41, 5.74) is -0.372. The number of aliphatic hydroxyl groups excluding tert-OH is 1. The maximum Gasteiger partial charge on any atom is 0.233 e. The third-order valence-electron chi connectivity index (χ3n) is 5.90. The summed E-state index contributed by atoms with van der Waals surface area (Å²) in [5, 5.41) is 23.3. The van der Waals surface area contributed by atoms with Crippen LogP contribution in [0.3, 0.4) is 0 Å². The number of hydrogen-bond acceptors (Lipinski definition) is 6. The Kier molecular flexibility index (Phi) is 8.03. The van der Waals surface area contributed by atoms with Crippen LogP contribution >= 0.6 is 11.6 Å². The summed E-state index contributed by atoms with van der Waals surface area (Å²) in [4.78, 5) is 22.1. The van der Waals surface area contributed by atoms with Crippen molar-refractivity contribution in [3.63, 3.8) is 0 Å². The Morgan fingerprint density at radius 2 is 1.97 bits per heavy atom. The van der Waals surface area contributed by atoms with Gasteiger partial charge in [0.25, 0.3) is 0 Å². The Labute approximate surface area is 196 Å². The van der Waals surface area contributed by atoms with E-state index in [0.29, 0.717) is 22.3 Å². The molecule has 1 aliphatic carbocycles. The molecule has 3 unspecified atom stereocenters. The van der Waals surface area contributed by atoms with Crippen LogP contribution < -0.4 is 5.32 Å². The molecule has 0 radical (unpaired) electrons. The smallest absolute Gasteiger partial charge is 0.233 e. The molecule has 0 aliphatic heterocycles. The Morgan fingerprint density at radius 1 is 1.28 bits per heavy atom. The van der Waals surface area contributed by atoms with Crippen molar-refractivity contribution in [3.8, 4) is 0 Å². The first kappa shape index (κ1) is 24.8. The van der Waals surface area contributed by atoms with Gasteiger partial charge in [-0.1, -0.05) is 43.4 Å². The molecular formula is C23H30ClN3O4S. The summed E-state index contributed by atoms with van der Waals surface area (Å²) in [6.07, 6.45) is 8.31. The molecule has 3 rings (SSSR count). The molecule has 1 saturated carbocycles. The minimum Gasteiger partial charge on any atom is -0.387 e. The Hall–Kier alpha value is -1.87. The number of nitrogens with zero attached hydrogens (tertiary/aromatic N) is 2. The summed E-state index contributed by atoms with van der Waals surface area (Å²) < 4.78 is 11.8. The van der Waals surface area contributed by atoms with Crippen molar-refractivity contribution in [2.45, 2.75) is 68.5 Å². The number of nitrogens with one attached hydrogen (secondary N) is 1. The fourth-order valence-corrected chi connectivity index (χ4v) is 5.17. The highest BCUT2D eigenvalue weighted by molar-refractivity contribution is 7.84. The van der Waals surface area contributed by atoms with Crippen LogP contribution in [0.2, 0.25) is 5.02 Å². The summed E-state index contributed by atoms with van der Waals surface area (Å²) in [5.74, 6) is 0.0669. The van der Waals surface area contributed by atoms with Crippen molar-refractivity contribution in [2.75, 3.05) is 11.6 Å². The summed E-state index contributed by atoms with van der Waals surface area (Å²) in [6, 6.07) is 5.26. The molecular weight excluding hydrogens is 450 g/mol. The number of rotatable bonds is 8. The summed E-state index contributed by atoms with van der Waals surface area (Å²) in [7, 11) is -1.21. The predicted octanol–water partition coefficient (Wildman–Crippen LogP) is 3.97. The van der Waals surface area contributed by atoms with Crippen molar-refractivity contribution in [2.24, 2.45) is 5.92 Å². The number of amides is 1. The molecule has 1 aromatic heterocycles. The molecule has 1 fully saturated rings. The average Bonchev–Trinajstić information content (AvgIpc) is 3.24. The highest BCUT2D eigenvalue weighted by Gasteiger charge is 2.29. The van der Waals surface area contributed by atoms with E-state index in [9.17, 15) is 19.2 Å². The number of carbonyl (C=O) groups excluding carboxylic acids is 1. The van der Waals surface area contributed by atoms with Gasteiger partial charge < -0.3 is 15.5 Å². The maximum atomic E-state index is 13.2. The highest BCUT2D eigenvalue weighted by Crippen LogP contribution is 2.36. The van der Waals surface area contributed by atoms with Gasteiger partial charge in [0.15, 0.2) is 5.82 Å². The SMILES string of the molecule is CS(=O)c1ccc(C(CC2CCCC2)C(=O)Nc2cnc(C(O)C(C)(C)O)cn2)cc1Cl. The number of hydrogen-bond donors (Lipinski definition) is 3. The largest absolute Gasteiger partial charge is 0.387 e. The van der Waals surface area contributed by atoms with Crippen LogP contribution in [0.5, 0.6) is 0 Å². The van der Waals surface area contributed by atoms with Crippen molar-refractivity contribution in [1.82, 2.24) is 9.97 Å². The molecule has 1 aliphatic rings. The zero-order chi connectivity index (χ0) is 23.5. The predicted molar refractivity (Wildman–Crippen MR) is 125 cm³/mol. The van der Waals surface area contributed by atoms with Crippen LogP contribution in [0, 0.1) is 5.92 Å². The topological polar surface area (TPSA) is 112 Å². The molecule has 7 nitrogen and oxygen atoms in total. The van der Waals surface area contributed by atoms with Crippen molar-refractivity contribution >= 4 is 34.1 Å². The lowest BCUT2D eigenvalue weighted by molar-refractivity contribution is -0.118. The molecule has 9 heteroatoms. The van der Waals surface area contributed by atoms with Crippen molar-refractivity contribution in [1.29, 1.82) is 0 Å². The van der Waals surface area contributed by atoms with E-state index in [0.717, 1.165) is 18.4 Å². The molecule has 2 aromatic rings. The monoisotopic (exact) mass is 479 g/mol. The third-order valence-corrected chi connectivity index (χ3v) is 7.30. The number of aliphatic hydroxyl groups is 2. The first-order chi connectivity index (χ1) is 15.1. The van der Waals surface area contributed by atoms with E-state index in [4.69, 9.17) is 11.6 Å². The number of aromatic nitrogens is 2. The van der Waals surface area contributed by atoms with Crippen LogP contribution in [0.15, 0.2) is 35.5 Å². The number of benzene rings is 1. The zero-order valence-corrected chi connectivity index (χ0v) is 20.1. The molecule has 0 spiro atoms. The number of anilines is 1. The van der Waals surface area contributed by atoms with Gasteiger partial charge in [0.2, 0.25) is 5.91 Å². The molecule has 3 N–H and O–H groups in total. The maximum absolute atomic E-state index is 13.2. The molecule has 1 heterocycles. The van der Waals surface area contributed by atoms with Gasteiger partial charge >= 0.3 is 0 Å². The van der Waals surface area contributed by atoms with E-state index >= 15 is 0 Å². The zero-order valence-electron chi connectivity index (χ0n) is 18.5. The van der Waals surface area contributed by atoms with Gasteiger partial charge in [-0.05, 0) is 43.9 Å². The van der Waals surface area contributed by atoms with Crippen LogP contribution in [-0.2, 0) is 15.6 Å². The normalized spacial score (nSPS) is 17.7. The second-order valence-corrected chi connectivity index (χ2v) is 10.7. The van der Waals surface area contributed by atoms with Crippen molar-refractivity contribution < 1.29 is 19.2 Å². The van der Waals surface area contributed by atoms with E-state index < -0.39 is 28.4 Å². The first-order valence-corrected chi connectivity index (χ1v) is 12.7. The van der Waals surface area contributed by atoms with Gasteiger partial charge in [-0.25, -0.2) is 4.98 Å². The Bertz CT molecular complexity index is 972. The van der Waals surface area contributed by atoms with Crippen LogP contribution in [-0.4, -0.2) is 42.2 Å². The molecule has 0 bridgehead atoms. The number of carbonyl (C=O) groups is 1. The quantitative estimate of drug-likeness (QED) is 0.528. The molecule has 1 aromatic carbocycles. The second kappa shape index (κ2) is 10.4. The van der Waals surface area contributed by atoms with Gasteiger partial charge in [0, 0.05) is 6.26 Å². The lowest BCUT2D eigenvalue weighted by Gasteiger charge is -2.24. The summed E-state index contributed by atoms with van der Waals surface area (Å²) >= 11 is 6.34. The van der Waals surface area contributed by atoms with Crippen LogP contribution in [0.25, 0.3) is 0 Å².